The SMILES string of the molecule is CC(C)C[C@H](NC(=O)[C@H](CCc1ccccc1)CC(=O)CN1CCOCC1)C(=O)C[C@@H](Cc1ccccc1)C(=O)O.CC(C)C[C@H](NC(=O)[C@H](CCc1ccccc1)CC(=O)CN1CCOCC1)C(=O)C[C@@H](Cc1ccccc1)C(=O)OCc1ccccc1. The summed E-state index contributed by atoms with van der Waals surface area (Å²) in [6, 6.07) is 46.4. The molecule has 16 heteroatoms. The molecule has 0 unspecified atom stereocenters. The molecule has 0 bridgehead atoms. The Bertz CT molecular complexity index is 2940. The van der Waals surface area contributed by atoms with Gasteiger partial charge in [-0.15, -0.1) is 0 Å². The van der Waals surface area contributed by atoms with Crippen LogP contribution in [0.4, 0.5) is 0 Å². The van der Waals surface area contributed by atoms with E-state index >= 15 is 0 Å². The number of rotatable bonds is 36. The number of carbonyl (C=O) groups excluding carboxylic acids is 7. The third-order valence-electron chi connectivity index (χ3n) is 16.2. The van der Waals surface area contributed by atoms with Gasteiger partial charge in [0.05, 0.1) is 63.4 Å². The maximum Gasteiger partial charge on any atom is 0.310 e. The van der Waals surface area contributed by atoms with E-state index in [-0.39, 0.29) is 98.6 Å². The number of nitrogens with one attached hydrogen (secondary N) is 2. The second-order valence-corrected chi connectivity index (χ2v) is 24.6. The van der Waals surface area contributed by atoms with Crippen LogP contribution >= 0.6 is 0 Å². The van der Waals surface area contributed by atoms with Crippen LogP contribution in [0, 0.1) is 35.5 Å². The van der Waals surface area contributed by atoms with Gasteiger partial charge in [0.1, 0.15) is 18.2 Å². The normalized spacial score (nSPS) is 15.7. The van der Waals surface area contributed by atoms with E-state index in [9.17, 15) is 43.5 Å². The van der Waals surface area contributed by atoms with Gasteiger partial charge in [-0.05, 0) is 91.0 Å². The smallest absolute Gasteiger partial charge is 0.310 e. The number of carboxylic acid groups (broad SMARTS) is 1. The molecule has 16 nitrogen and oxygen atoms in total. The fourth-order valence-corrected chi connectivity index (χ4v) is 11.3. The van der Waals surface area contributed by atoms with E-state index < -0.39 is 47.7 Å². The largest absolute Gasteiger partial charge is 0.481 e. The molecule has 2 aliphatic rings. The quantitative estimate of drug-likeness (QED) is 0.0319. The maximum absolute atomic E-state index is 14.0. The number of carboxylic acids is 1. The third-order valence-corrected chi connectivity index (χ3v) is 16.2. The highest BCUT2D eigenvalue weighted by Gasteiger charge is 2.34. The summed E-state index contributed by atoms with van der Waals surface area (Å²) in [6.07, 6.45) is 3.57. The van der Waals surface area contributed by atoms with Crippen molar-refractivity contribution >= 4 is 46.9 Å². The molecular formula is C73H94N4O12. The van der Waals surface area contributed by atoms with Crippen LogP contribution in [0.2, 0.25) is 0 Å². The molecule has 89 heavy (non-hydrogen) atoms. The number of nitrogens with zero attached hydrogens (tertiary/aromatic N) is 2. The molecule has 2 amide bonds. The molecule has 5 aromatic carbocycles. The molecule has 478 valence electrons. The van der Waals surface area contributed by atoms with E-state index in [0.717, 1.165) is 27.8 Å². The number of ketones is 4. The Kier molecular flexibility index (Phi) is 30.8. The molecule has 0 spiro atoms. The van der Waals surface area contributed by atoms with Crippen LogP contribution in [0.3, 0.4) is 0 Å². The highest BCUT2D eigenvalue weighted by molar-refractivity contribution is 5.95. The van der Waals surface area contributed by atoms with Crippen LogP contribution in [0.5, 0.6) is 0 Å². The molecule has 0 radical (unpaired) electrons. The summed E-state index contributed by atoms with van der Waals surface area (Å²) >= 11 is 0. The van der Waals surface area contributed by atoms with E-state index in [2.05, 4.69) is 15.5 Å². The van der Waals surface area contributed by atoms with Gasteiger partial charge in [-0.3, -0.25) is 48.2 Å². The fraction of sp³-hybridized carbons (Fsp3) is 0.479. The van der Waals surface area contributed by atoms with Crippen molar-refractivity contribution in [2.24, 2.45) is 35.5 Å². The van der Waals surface area contributed by atoms with E-state index in [1.54, 1.807) is 0 Å². The minimum absolute atomic E-state index is 0.000865. The van der Waals surface area contributed by atoms with Crippen molar-refractivity contribution in [2.75, 3.05) is 65.7 Å². The van der Waals surface area contributed by atoms with Gasteiger partial charge in [-0.2, -0.15) is 0 Å². The molecule has 2 heterocycles. The van der Waals surface area contributed by atoms with E-state index in [0.29, 0.717) is 97.6 Å². The highest BCUT2D eigenvalue weighted by atomic mass is 16.5. The predicted octanol–water partition coefficient (Wildman–Crippen LogP) is 9.58. The number of aliphatic carboxylic acids is 1. The van der Waals surface area contributed by atoms with Crippen LogP contribution in [0.1, 0.15) is 107 Å². The number of morpholine rings is 2. The number of carbonyl (C=O) groups is 8. The summed E-state index contributed by atoms with van der Waals surface area (Å²) < 4.78 is 16.5. The van der Waals surface area contributed by atoms with E-state index in [1.807, 2.05) is 184 Å². The van der Waals surface area contributed by atoms with Crippen molar-refractivity contribution in [1.29, 1.82) is 0 Å². The standard InChI is InChI=1S/C40H50N2O6.C33H44N2O6/c1-30(2)24-37(38(44)27-35(25-32-14-8-4-9-15-32)40(46)48-29-33-16-10-5-11-17-33)41-39(45)34(19-18-31-12-6-3-7-13-31)26-36(43)28-42-20-22-47-23-21-42;1-24(2)19-30(31(37)22-28(33(39)40)20-26-11-7-4-8-12-26)34-32(38)27(14-13-25-9-5-3-6-10-25)21-29(36)23-35-15-17-41-18-16-35/h3-17,30,34-35,37H,18-29H2,1-2H3,(H,41,45);3-12,24,27-28,30H,13-23H2,1-2H3,(H,34,38)(H,39,40)/t34-,35-,37+;27-,28-,30+/m11/s1. The van der Waals surface area contributed by atoms with Gasteiger partial charge in [0.25, 0.3) is 0 Å². The number of ether oxygens (including phenoxy) is 3. The van der Waals surface area contributed by atoms with Crippen molar-refractivity contribution in [2.45, 2.75) is 123 Å². The van der Waals surface area contributed by atoms with Crippen molar-refractivity contribution in [3.8, 4) is 0 Å². The van der Waals surface area contributed by atoms with Crippen LogP contribution in [-0.4, -0.2) is 140 Å². The Hall–Kier alpha value is -7.50. The Balaban J connectivity index is 0.000000287. The molecular weight excluding hydrogens is 1120 g/mol. The van der Waals surface area contributed by atoms with Crippen LogP contribution in [0.15, 0.2) is 152 Å². The first-order valence-corrected chi connectivity index (χ1v) is 31.9. The third kappa shape index (κ3) is 27.0. The summed E-state index contributed by atoms with van der Waals surface area (Å²) in [4.78, 5) is 111. The van der Waals surface area contributed by atoms with Crippen LogP contribution in [-0.2, 0) is 84.9 Å². The lowest BCUT2D eigenvalue weighted by Crippen LogP contribution is -2.46. The number of amides is 2. The monoisotopic (exact) mass is 1220 g/mol. The van der Waals surface area contributed by atoms with Gasteiger partial charge >= 0.3 is 11.9 Å². The lowest BCUT2D eigenvalue weighted by atomic mass is 9.88. The number of hydrogen-bond donors (Lipinski definition) is 3. The van der Waals surface area contributed by atoms with Gasteiger partial charge in [0.15, 0.2) is 11.6 Å². The van der Waals surface area contributed by atoms with Crippen molar-refractivity contribution < 1.29 is 57.7 Å². The molecule has 2 aliphatic heterocycles. The lowest BCUT2D eigenvalue weighted by Gasteiger charge is -2.27. The summed E-state index contributed by atoms with van der Waals surface area (Å²) in [5.74, 6) is -5.19. The average Bonchev–Trinajstić information content (AvgIpc) is 3.59. The fourth-order valence-electron chi connectivity index (χ4n) is 11.3. The molecule has 0 aliphatic carbocycles. The second-order valence-electron chi connectivity index (χ2n) is 24.6. The summed E-state index contributed by atoms with van der Waals surface area (Å²) in [7, 11) is 0. The summed E-state index contributed by atoms with van der Waals surface area (Å²) in [6.45, 7) is 13.7. The van der Waals surface area contributed by atoms with Crippen molar-refractivity contribution in [3.05, 3.63) is 179 Å². The Morgan fingerprint density at radius 3 is 1.15 bits per heavy atom. The van der Waals surface area contributed by atoms with E-state index in [1.165, 1.54) is 0 Å². The van der Waals surface area contributed by atoms with E-state index in [4.69, 9.17) is 14.2 Å². The minimum atomic E-state index is -1.04. The zero-order chi connectivity index (χ0) is 63.8. The van der Waals surface area contributed by atoms with Crippen LogP contribution in [0.25, 0.3) is 0 Å². The molecule has 5 aromatic rings. The van der Waals surface area contributed by atoms with Crippen LogP contribution < -0.4 is 10.6 Å². The summed E-state index contributed by atoms with van der Waals surface area (Å²) in [5, 5.41) is 15.8. The molecule has 7 rings (SSSR count). The van der Waals surface area contributed by atoms with Gasteiger partial charge in [0, 0.05) is 63.7 Å². The Morgan fingerprint density at radius 1 is 0.449 bits per heavy atom. The first-order chi connectivity index (χ1) is 43.0. The van der Waals surface area contributed by atoms with Gasteiger partial charge in [-0.25, -0.2) is 0 Å². The molecule has 3 N–H and O–H groups in total. The number of Topliss-reactive ketones (excluding diaryl/α,β-unsaturated/α-hetero) is 4. The predicted molar refractivity (Wildman–Crippen MR) is 343 cm³/mol. The molecule has 2 fully saturated rings. The number of esters is 1. The highest BCUT2D eigenvalue weighted by Crippen LogP contribution is 2.24. The molecule has 0 aromatic heterocycles. The topological polar surface area (TPSA) is 215 Å². The average molecular weight is 1220 g/mol. The van der Waals surface area contributed by atoms with Crippen molar-refractivity contribution in [1.82, 2.24) is 20.4 Å². The Labute approximate surface area is 526 Å². The first-order valence-electron chi connectivity index (χ1n) is 31.9. The first kappa shape index (κ1) is 70.6. The second kappa shape index (κ2) is 38.8. The van der Waals surface area contributed by atoms with Gasteiger partial charge in [0.2, 0.25) is 11.8 Å². The lowest BCUT2D eigenvalue weighted by molar-refractivity contribution is -0.151. The number of hydrogen-bond acceptors (Lipinski definition) is 13. The number of benzene rings is 5. The van der Waals surface area contributed by atoms with Crippen molar-refractivity contribution in [3.63, 3.8) is 0 Å². The Morgan fingerprint density at radius 2 is 0.787 bits per heavy atom. The molecule has 2 saturated heterocycles. The minimum Gasteiger partial charge on any atom is -0.481 e. The number of aryl methyl sites for hydroxylation is 2. The zero-order valence-electron chi connectivity index (χ0n) is 52.6. The molecule has 6 atom stereocenters. The zero-order valence-corrected chi connectivity index (χ0v) is 52.6. The maximum atomic E-state index is 14.0. The molecule has 0 saturated carbocycles. The van der Waals surface area contributed by atoms with Gasteiger partial charge in [-0.1, -0.05) is 179 Å². The summed E-state index contributed by atoms with van der Waals surface area (Å²) in [5.41, 5.74) is 4.80. The van der Waals surface area contributed by atoms with Gasteiger partial charge < -0.3 is 30.0 Å².